The third-order valence-corrected chi connectivity index (χ3v) is 4.24. The first-order chi connectivity index (χ1) is 9.58. The molecular formula is C15H11NO3S. The van der Waals surface area contributed by atoms with Crippen LogP contribution < -0.4 is 0 Å². The van der Waals surface area contributed by atoms with Crippen molar-refractivity contribution in [2.45, 2.75) is 6.92 Å². The van der Waals surface area contributed by atoms with Crippen molar-refractivity contribution in [1.82, 2.24) is 4.90 Å². The van der Waals surface area contributed by atoms with E-state index in [1.165, 1.54) is 11.3 Å². The molecule has 0 atom stereocenters. The van der Waals surface area contributed by atoms with E-state index in [-0.39, 0.29) is 12.3 Å². The SMILES string of the molecule is Cc1ccc(C(=O)CN2C(=O)c3ccccc3C2=O)s1. The second-order valence-corrected chi connectivity index (χ2v) is 5.86. The molecule has 1 aliphatic heterocycles. The molecule has 4 nitrogen and oxygen atoms in total. The van der Waals surface area contributed by atoms with Crippen molar-refractivity contribution in [2.24, 2.45) is 0 Å². The lowest BCUT2D eigenvalue weighted by atomic mass is 10.1. The molecule has 2 amide bonds. The Morgan fingerprint density at radius 1 is 1.05 bits per heavy atom. The summed E-state index contributed by atoms with van der Waals surface area (Å²) in [5.41, 5.74) is 0.736. The first kappa shape index (κ1) is 12.7. The summed E-state index contributed by atoms with van der Waals surface area (Å²) in [7, 11) is 0. The number of thiophene rings is 1. The van der Waals surface area contributed by atoms with E-state index >= 15 is 0 Å². The number of hydrogen-bond donors (Lipinski definition) is 0. The highest BCUT2D eigenvalue weighted by atomic mass is 32.1. The van der Waals surface area contributed by atoms with Gasteiger partial charge in [-0.3, -0.25) is 19.3 Å². The number of aryl methyl sites for hydroxylation is 1. The van der Waals surface area contributed by atoms with Crippen molar-refractivity contribution in [2.75, 3.05) is 6.54 Å². The number of carbonyl (C=O) groups excluding carboxylic acids is 3. The van der Waals surface area contributed by atoms with Gasteiger partial charge >= 0.3 is 0 Å². The number of carbonyl (C=O) groups is 3. The second kappa shape index (κ2) is 4.68. The number of Topliss-reactive ketones (excluding diaryl/α,β-unsaturated/α-hetero) is 1. The predicted molar refractivity (Wildman–Crippen MR) is 75.2 cm³/mol. The topological polar surface area (TPSA) is 54.5 Å². The van der Waals surface area contributed by atoms with Gasteiger partial charge in [-0.2, -0.15) is 0 Å². The van der Waals surface area contributed by atoms with Crippen molar-refractivity contribution in [3.05, 3.63) is 57.3 Å². The van der Waals surface area contributed by atoms with Gasteiger partial charge in [-0.05, 0) is 31.2 Å². The molecule has 20 heavy (non-hydrogen) atoms. The van der Waals surface area contributed by atoms with E-state index in [0.29, 0.717) is 16.0 Å². The molecule has 2 heterocycles. The fourth-order valence-electron chi connectivity index (χ4n) is 2.19. The zero-order chi connectivity index (χ0) is 14.3. The zero-order valence-electron chi connectivity index (χ0n) is 10.8. The summed E-state index contributed by atoms with van der Waals surface area (Å²) < 4.78 is 0. The van der Waals surface area contributed by atoms with Crippen LogP contribution in [0.15, 0.2) is 36.4 Å². The standard InChI is InChI=1S/C15H11NO3S/c1-9-6-7-13(20-9)12(17)8-16-14(18)10-4-2-3-5-11(10)15(16)19/h2-7H,8H2,1H3. The normalized spacial score (nSPS) is 13.8. The van der Waals surface area contributed by atoms with E-state index < -0.39 is 11.8 Å². The number of imide groups is 1. The first-order valence-electron chi connectivity index (χ1n) is 6.13. The van der Waals surface area contributed by atoms with Gasteiger partial charge < -0.3 is 0 Å². The summed E-state index contributed by atoms with van der Waals surface area (Å²) in [6.07, 6.45) is 0. The number of nitrogens with zero attached hydrogens (tertiary/aromatic N) is 1. The molecule has 0 saturated carbocycles. The van der Waals surface area contributed by atoms with Crippen LogP contribution in [0.2, 0.25) is 0 Å². The fraction of sp³-hybridized carbons (Fsp3) is 0.133. The quantitative estimate of drug-likeness (QED) is 0.643. The third kappa shape index (κ3) is 1.96. The minimum atomic E-state index is -0.396. The van der Waals surface area contributed by atoms with Gasteiger partial charge in [-0.1, -0.05) is 12.1 Å². The van der Waals surface area contributed by atoms with Crippen LogP contribution in [0.25, 0.3) is 0 Å². The van der Waals surface area contributed by atoms with E-state index in [2.05, 4.69) is 0 Å². The smallest absolute Gasteiger partial charge is 0.261 e. The molecule has 0 radical (unpaired) electrons. The molecule has 0 aliphatic carbocycles. The molecule has 1 aliphatic rings. The molecule has 0 bridgehead atoms. The van der Waals surface area contributed by atoms with Gasteiger partial charge in [0, 0.05) is 4.88 Å². The van der Waals surface area contributed by atoms with Gasteiger partial charge in [0.05, 0.1) is 22.5 Å². The molecule has 5 heteroatoms. The van der Waals surface area contributed by atoms with Crippen molar-refractivity contribution in [3.63, 3.8) is 0 Å². The van der Waals surface area contributed by atoms with Crippen LogP contribution in [0.4, 0.5) is 0 Å². The van der Waals surface area contributed by atoms with E-state index in [4.69, 9.17) is 0 Å². The molecule has 2 aromatic rings. The third-order valence-electron chi connectivity index (χ3n) is 3.20. The first-order valence-corrected chi connectivity index (χ1v) is 6.94. The molecule has 1 aromatic heterocycles. The number of rotatable bonds is 3. The minimum absolute atomic E-state index is 0.202. The van der Waals surface area contributed by atoms with Crippen molar-refractivity contribution >= 4 is 28.9 Å². The van der Waals surface area contributed by atoms with Gasteiger partial charge in [0.2, 0.25) is 0 Å². The van der Waals surface area contributed by atoms with Crippen LogP contribution in [-0.2, 0) is 0 Å². The lowest BCUT2D eigenvalue weighted by Crippen LogP contribution is -2.34. The van der Waals surface area contributed by atoms with Crippen LogP contribution in [-0.4, -0.2) is 29.0 Å². The van der Waals surface area contributed by atoms with Gasteiger partial charge in [0.1, 0.15) is 0 Å². The molecule has 0 unspecified atom stereocenters. The van der Waals surface area contributed by atoms with Crippen LogP contribution >= 0.6 is 11.3 Å². The van der Waals surface area contributed by atoms with Gasteiger partial charge in [-0.25, -0.2) is 0 Å². The van der Waals surface area contributed by atoms with E-state index in [1.807, 2.05) is 13.0 Å². The molecule has 100 valence electrons. The molecule has 0 saturated heterocycles. The number of amides is 2. The van der Waals surface area contributed by atoms with Crippen LogP contribution in [0, 0.1) is 6.92 Å². The monoisotopic (exact) mass is 285 g/mol. The highest BCUT2D eigenvalue weighted by Gasteiger charge is 2.36. The maximum Gasteiger partial charge on any atom is 0.261 e. The van der Waals surface area contributed by atoms with Crippen LogP contribution in [0.3, 0.4) is 0 Å². The number of hydrogen-bond acceptors (Lipinski definition) is 4. The Morgan fingerprint density at radius 2 is 1.65 bits per heavy atom. The lowest BCUT2D eigenvalue weighted by Gasteiger charge is -2.11. The Morgan fingerprint density at radius 3 is 2.15 bits per heavy atom. The van der Waals surface area contributed by atoms with E-state index in [0.717, 1.165) is 9.78 Å². The largest absolute Gasteiger partial charge is 0.291 e. The molecule has 0 fully saturated rings. The summed E-state index contributed by atoms with van der Waals surface area (Å²) in [5, 5.41) is 0. The summed E-state index contributed by atoms with van der Waals surface area (Å²) in [6.45, 7) is 1.70. The van der Waals surface area contributed by atoms with Crippen LogP contribution in [0.1, 0.15) is 35.3 Å². The minimum Gasteiger partial charge on any atom is -0.291 e. The molecule has 0 N–H and O–H groups in total. The summed E-state index contributed by atoms with van der Waals surface area (Å²) in [4.78, 5) is 39.0. The van der Waals surface area contributed by atoms with Crippen molar-refractivity contribution in [3.8, 4) is 0 Å². The fourth-order valence-corrected chi connectivity index (χ4v) is 2.99. The Balaban J connectivity index is 1.85. The second-order valence-electron chi connectivity index (χ2n) is 4.58. The molecule has 3 rings (SSSR count). The van der Waals surface area contributed by atoms with Gasteiger partial charge in [0.15, 0.2) is 5.78 Å². The zero-order valence-corrected chi connectivity index (χ0v) is 11.6. The lowest BCUT2D eigenvalue weighted by molar-refractivity contribution is 0.0625. The van der Waals surface area contributed by atoms with Crippen molar-refractivity contribution in [1.29, 1.82) is 0 Å². The van der Waals surface area contributed by atoms with Gasteiger partial charge in [-0.15, -0.1) is 11.3 Å². The highest BCUT2D eigenvalue weighted by Crippen LogP contribution is 2.23. The maximum absolute atomic E-state index is 12.1. The highest BCUT2D eigenvalue weighted by molar-refractivity contribution is 7.14. The molecular weight excluding hydrogens is 274 g/mol. The number of benzene rings is 1. The average Bonchev–Trinajstić information content (AvgIpc) is 2.98. The Kier molecular flexibility index (Phi) is 2.99. The summed E-state index contributed by atoms with van der Waals surface area (Å²) in [6, 6.07) is 10.2. The van der Waals surface area contributed by atoms with Crippen LogP contribution in [0.5, 0.6) is 0 Å². The van der Waals surface area contributed by atoms with Crippen molar-refractivity contribution < 1.29 is 14.4 Å². The predicted octanol–water partition coefficient (Wildman–Crippen LogP) is 2.54. The molecule has 0 spiro atoms. The van der Waals surface area contributed by atoms with Gasteiger partial charge in [0.25, 0.3) is 11.8 Å². The van der Waals surface area contributed by atoms with E-state index in [9.17, 15) is 14.4 Å². The number of ketones is 1. The Bertz CT molecular complexity index is 697. The summed E-state index contributed by atoms with van der Waals surface area (Å²) in [5.74, 6) is -1.00. The molecule has 1 aromatic carbocycles. The number of fused-ring (bicyclic) bond motifs is 1. The maximum atomic E-state index is 12.1. The Hall–Kier alpha value is -2.27. The summed E-state index contributed by atoms with van der Waals surface area (Å²) >= 11 is 1.37. The van der Waals surface area contributed by atoms with E-state index in [1.54, 1.807) is 30.3 Å². The Labute approximate surface area is 119 Å². The average molecular weight is 285 g/mol.